The molecule has 2 amide bonds. The van der Waals surface area contributed by atoms with Gasteiger partial charge in [-0.05, 0) is 47.6 Å². The van der Waals surface area contributed by atoms with Gasteiger partial charge in [-0.3, -0.25) is 20.4 Å². The molecule has 2 aromatic heterocycles. The molecular weight excluding hydrogens is 370 g/mol. The maximum atomic E-state index is 12.2. The number of carbonyl (C=O) groups excluding carboxylic acids is 3. The third-order valence-corrected chi connectivity index (χ3v) is 3.97. The van der Waals surface area contributed by atoms with Gasteiger partial charge in [-0.25, -0.2) is 9.59 Å². The average molecular weight is 393 g/mol. The summed E-state index contributed by atoms with van der Waals surface area (Å²) in [4.78, 5) is 39.6. The van der Waals surface area contributed by atoms with Crippen molar-refractivity contribution in [2.24, 2.45) is 0 Å². The van der Waals surface area contributed by atoms with E-state index in [2.05, 4.69) is 15.6 Å². The monoisotopic (exact) mass is 393 g/mol. The van der Waals surface area contributed by atoms with Crippen molar-refractivity contribution in [1.82, 2.24) is 4.98 Å². The predicted molar refractivity (Wildman–Crippen MR) is 105 cm³/mol. The van der Waals surface area contributed by atoms with Crippen LogP contribution < -0.4 is 10.6 Å². The van der Waals surface area contributed by atoms with Crippen LogP contribution in [0.2, 0.25) is 0 Å². The van der Waals surface area contributed by atoms with E-state index >= 15 is 0 Å². The summed E-state index contributed by atoms with van der Waals surface area (Å²) in [6.07, 6.45) is 0.709. The zero-order valence-corrected chi connectivity index (χ0v) is 16.9. The van der Waals surface area contributed by atoms with Crippen LogP contribution in [0.25, 0.3) is 10.2 Å². The van der Waals surface area contributed by atoms with Gasteiger partial charge in [0.25, 0.3) is 0 Å². The van der Waals surface area contributed by atoms with Gasteiger partial charge in [-0.15, -0.1) is 11.3 Å². The van der Waals surface area contributed by atoms with Gasteiger partial charge in [0.15, 0.2) is 6.29 Å². The molecule has 0 saturated carbocycles. The normalized spacial score (nSPS) is 11.8. The minimum atomic E-state index is -0.688. The van der Waals surface area contributed by atoms with Crippen LogP contribution in [0, 0.1) is 0 Å². The molecule has 146 valence electrons. The van der Waals surface area contributed by atoms with Crippen LogP contribution in [0.1, 0.15) is 51.9 Å². The number of pyridine rings is 1. The van der Waals surface area contributed by atoms with E-state index in [4.69, 9.17) is 9.47 Å². The molecule has 2 aromatic rings. The Morgan fingerprint density at radius 1 is 1.04 bits per heavy atom. The molecule has 0 bridgehead atoms. The zero-order valence-electron chi connectivity index (χ0n) is 16.1. The summed E-state index contributed by atoms with van der Waals surface area (Å²) in [5.74, 6) is 0. The number of carbonyl (C=O) groups is 3. The van der Waals surface area contributed by atoms with Gasteiger partial charge < -0.3 is 9.47 Å². The number of fused-ring (bicyclic) bond motifs is 1. The van der Waals surface area contributed by atoms with E-state index in [0.29, 0.717) is 27.1 Å². The van der Waals surface area contributed by atoms with Gasteiger partial charge in [-0.1, -0.05) is 0 Å². The van der Waals surface area contributed by atoms with Crippen LogP contribution in [0.4, 0.5) is 20.3 Å². The van der Waals surface area contributed by atoms with Crippen LogP contribution in [0.15, 0.2) is 12.3 Å². The molecule has 0 spiro atoms. The number of nitrogens with zero attached hydrogens (tertiary/aromatic N) is 1. The third-order valence-electron chi connectivity index (χ3n) is 2.93. The molecular formula is C18H23N3O5S. The fourth-order valence-electron chi connectivity index (χ4n) is 2.06. The Hall–Kier alpha value is -2.68. The van der Waals surface area contributed by atoms with Crippen molar-refractivity contribution in [1.29, 1.82) is 0 Å². The number of nitrogens with one attached hydrogen (secondary N) is 2. The van der Waals surface area contributed by atoms with E-state index in [9.17, 15) is 14.4 Å². The molecule has 0 saturated heterocycles. The van der Waals surface area contributed by atoms with E-state index in [1.165, 1.54) is 6.20 Å². The summed E-state index contributed by atoms with van der Waals surface area (Å²) >= 11 is 1.16. The highest BCUT2D eigenvalue weighted by molar-refractivity contribution is 7.23. The predicted octanol–water partition coefficient (Wildman–Crippen LogP) is 4.80. The first-order valence-corrected chi connectivity index (χ1v) is 9.07. The number of aldehydes is 1. The van der Waals surface area contributed by atoms with Crippen molar-refractivity contribution >= 4 is 50.7 Å². The first-order valence-electron chi connectivity index (χ1n) is 8.26. The minimum Gasteiger partial charge on any atom is -0.444 e. The lowest BCUT2D eigenvalue weighted by atomic mass is 10.2. The van der Waals surface area contributed by atoms with E-state index in [1.807, 2.05) is 0 Å². The van der Waals surface area contributed by atoms with Crippen LogP contribution >= 0.6 is 11.3 Å². The molecule has 9 heteroatoms. The second kappa shape index (κ2) is 7.51. The fourth-order valence-corrected chi connectivity index (χ4v) is 3.11. The van der Waals surface area contributed by atoms with Gasteiger partial charge in [0.1, 0.15) is 27.4 Å². The molecule has 0 aliphatic carbocycles. The smallest absolute Gasteiger partial charge is 0.412 e. The van der Waals surface area contributed by atoms with Crippen LogP contribution in [-0.2, 0) is 9.47 Å². The standard InChI is InChI=1S/C18H23N3O5S/c1-17(2,3)25-15(23)20-13-12-11(7-10(9-22)8-19-12)27-14(13)21-16(24)26-18(4,5)6/h7-9H,1-6H3,(H,20,23)(H,21,24). The Bertz CT molecular complexity index is 877. The molecule has 0 fully saturated rings. The van der Waals surface area contributed by atoms with Crippen molar-refractivity contribution in [2.75, 3.05) is 10.6 Å². The van der Waals surface area contributed by atoms with Crippen molar-refractivity contribution < 1.29 is 23.9 Å². The number of hydrogen-bond donors (Lipinski definition) is 2. The van der Waals surface area contributed by atoms with Gasteiger partial charge in [0.05, 0.1) is 4.70 Å². The average Bonchev–Trinajstić information content (AvgIpc) is 2.79. The summed E-state index contributed by atoms with van der Waals surface area (Å²) < 4.78 is 11.2. The van der Waals surface area contributed by atoms with Crippen molar-refractivity contribution in [3.05, 3.63) is 17.8 Å². The number of rotatable bonds is 3. The number of aromatic nitrogens is 1. The Morgan fingerprint density at radius 3 is 2.11 bits per heavy atom. The molecule has 8 nitrogen and oxygen atoms in total. The molecule has 2 N–H and O–H groups in total. The number of ether oxygens (including phenoxy) is 2. The Kier molecular flexibility index (Phi) is 5.74. The number of hydrogen-bond acceptors (Lipinski definition) is 7. The summed E-state index contributed by atoms with van der Waals surface area (Å²) in [6.45, 7) is 10.5. The molecule has 27 heavy (non-hydrogen) atoms. The maximum absolute atomic E-state index is 12.2. The molecule has 0 radical (unpaired) electrons. The van der Waals surface area contributed by atoms with Gasteiger partial charge in [0.2, 0.25) is 0 Å². The first kappa shape index (κ1) is 20.6. The second-order valence-electron chi connectivity index (χ2n) is 7.79. The topological polar surface area (TPSA) is 107 Å². The molecule has 0 atom stereocenters. The summed E-state index contributed by atoms with van der Waals surface area (Å²) in [5.41, 5.74) is -0.263. The lowest BCUT2D eigenvalue weighted by molar-refractivity contribution is 0.0621. The Morgan fingerprint density at radius 2 is 1.59 bits per heavy atom. The molecule has 0 aliphatic heterocycles. The van der Waals surface area contributed by atoms with E-state index in [-0.39, 0.29) is 5.69 Å². The molecule has 0 unspecified atom stereocenters. The highest BCUT2D eigenvalue weighted by Crippen LogP contribution is 2.39. The van der Waals surface area contributed by atoms with E-state index < -0.39 is 23.4 Å². The maximum Gasteiger partial charge on any atom is 0.412 e. The van der Waals surface area contributed by atoms with Crippen molar-refractivity contribution in [3.8, 4) is 0 Å². The van der Waals surface area contributed by atoms with E-state index in [0.717, 1.165) is 11.3 Å². The summed E-state index contributed by atoms with van der Waals surface area (Å²) in [7, 11) is 0. The molecule has 2 rings (SSSR count). The first-order chi connectivity index (χ1) is 12.4. The van der Waals surface area contributed by atoms with Crippen molar-refractivity contribution in [2.45, 2.75) is 52.7 Å². The quantitative estimate of drug-likeness (QED) is 0.725. The van der Waals surface area contributed by atoms with Crippen molar-refractivity contribution in [3.63, 3.8) is 0 Å². The zero-order chi connectivity index (χ0) is 20.4. The summed E-state index contributed by atoms with van der Waals surface area (Å²) in [5, 5.41) is 5.58. The second-order valence-corrected chi connectivity index (χ2v) is 8.85. The van der Waals surface area contributed by atoms with E-state index in [1.54, 1.807) is 47.6 Å². The number of amides is 2. The molecule has 2 heterocycles. The van der Waals surface area contributed by atoms with Gasteiger partial charge in [0, 0.05) is 11.8 Å². The van der Waals surface area contributed by atoms with Gasteiger partial charge in [-0.2, -0.15) is 0 Å². The van der Waals surface area contributed by atoms with Crippen LogP contribution in [-0.4, -0.2) is 34.7 Å². The number of anilines is 2. The Labute approximate surface area is 161 Å². The SMILES string of the molecule is CC(C)(C)OC(=O)Nc1sc2cc(C=O)cnc2c1NC(=O)OC(C)(C)C. The molecule has 0 aliphatic rings. The third kappa shape index (κ3) is 5.92. The van der Waals surface area contributed by atoms with Gasteiger partial charge >= 0.3 is 12.2 Å². The number of thiophene rings is 1. The minimum absolute atomic E-state index is 0.285. The largest absolute Gasteiger partial charge is 0.444 e. The van der Waals surface area contributed by atoms with Crippen LogP contribution in [0.5, 0.6) is 0 Å². The highest BCUT2D eigenvalue weighted by atomic mass is 32.1. The molecule has 0 aromatic carbocycles. The highest BCUT2D eigenvalue weighted by Gasteiger charge is 2.23. The van der Waals surface area contributed by atoms with Crippen LogP contribution in [0.3, 0.4) is 0 Å². The fraction of sp³-hybridized carbons (Fsp3) is 0.444. The Balaban J connectivity index is 2.39. The lowest BCUT2D eigenvalue weighted by Gasteiger charge is -2.21. The lowest BCUT2D eigenvalue weighted by Crippen LogP contribution is -2.28. The summed E-state index contributed by atoms with van der Waals surface area (Å²) in [6, 6.07) is 1.63.